The van der Waals surface area contributed by atoms with Crippen LogP contribution in [-0.2, 0) is 14.3 Å². The van der Waals surface area contributed by atoms with Crippen LogP contribution in [0.3, 0.4) is 0 Å². The topological polar surface area (TPSA) is 83.8 Å². The molecule has 0 saturated heterocycles. The van der Waals surface area contributed by atoms with E-state index in [1.165, 1.54) is 0 Å². The molecule has 1 rings (SSSR count). The van der Waals surface area contributed by atoms with Gasteiger partial charge in [-0.2, -0.15) is 0 Å². The Bertz CT molecular complexity index is 644. The highest BCUT2D eigenvalue weighted by Crippen LogP contribution is 2.33. The molecule has 1 fully saturated rings. The average Bonchev–Trinajstić information content (AvgIpc) is 3.00. The summed E-state index contributed by atoms with van der Waals surface area (Å²) in [5.74, 6) is 5.17. The second kappa shape index (κ2) is 15.0. The van der Waals surface area contributed by atoms with E-state index in [9.17, 15) is 19.8 Å². The van der Waals surface area contributed by atoms with Gasteiger partial charge in [0.2, 0.25) is 0 Å². The molecular weight excluding hydrogens is 392 g/mol. The summed E-state index contributed by atoms with van der Waals surface area (Å²) in [5, 5.41) is 21.2. The smallest absolute Gasteiger partial charge is 0.306 e. The normalized spacial score (nSPS) is 22.3. The molecule has 0 radical (unpaired) electrons. The number of hydrogen-bond donors (Lipinski definition) is 2. The molecule has 0 heterocycles. The summed E-state index contributed by atoms with van der Waals surface area (Å²) < 4.78 is 4.95. The standard InChI is InChI=1S/C26H40O5/c1-4-7-12-17-26(30,16-5-2)18-15-22-21(23(27)20-24(22)28)13-10-8-9-11-14-25(29)31-19-6-3/h5-6,21-22,24,28,30H,2-4,7-14,16-17,19-20H2,1H3/t21-,22-,24?,26?/m1/s1. The Hall–Kier alpha value is -1.90. The summed E-state index contributed by atoms with van der Waals surface area (Å²) in [7, 11) is 0. The lowest BCUT2D eigenvalue weighted by Crippen LogP contribution is -2.27. The number of carbonyl (C=O) groups is 2. The zero-order chi connectivity index (χ0) is 23.1. The number of hydrogen-bond acceptors (Lipinski definition) is 5. The first-order chi connectivity index (χ1) is 14.9. The van der Waals surface area contributed by atoms with Crippen molar-refractivity contribution in [1.29, 1.82) is 0 Å². The zero-order valence-electron chi connectivity index (χ0n) is 19.1. The van der Waals surface area contributed by atoms with Crippen LogP contribution in [0.2, 0.25) is 0 Å². The third-order valence-electron chi connectivity index (χ3n) is 5.83. The summed E-state index contributed by atoms with van der Waals surface area (Å²) in [5.41, 5.74) is -1.15. The highest BCUT2D eigenvalue weighted by atomic mass is 16.5. The van der Waals surface area contributed by atoms with E-state index in [1.807, 2.05) is 0 Å². The molecule has 1 aliphatic rings. The highest BCUT2D eigenvalue weighted by Gasteiger charge is 2.40. The first-order valence-corrected chi connectivity index (χ1v) is 11.7. The summed E-state index contributed by atoms with van der Waals surface area (Å²) in [4.78, 5) is 23.9. The van der Waals surface area contributed by atoms with Crippen molar-refractivity contribution >= 4 is 11.8 Å². The predicted octanol–water partition coefficient (Wildman–Crippen LogP) is 4.51. The van der Waals surface area contributed by atoms with E-state index in [0.717, 1.165) is 44.9 Å². The number of rotatable bonds is 15. The lowest BCUT2D eigenvalue weighted by Gasteiger charge is -2.22. The van der Waals surface area contributed by atoms with Crippen molar-refractivity contribution in [1.82, 2.24) is 0 Å². The molecule has 5 heteroatoms. The number of ether oxygens (including phenoxy) is 1. The van der Waals surface area contributed by atoms with E-state index in [4.69, 9.17) is 4.74 Å². The Morgan fingerprint density at radius 1 is 1.19 bits per heavy atom. The number of unbranched alkanes of at least 4 members (excludes halogenated alkanes) is 5. The van der Waals surface area contributed by atoms with Gasteiger partial charge in [0.15, 0.2) is 0 Å². The van der Waals surface area contributed by atoms with Gasteiger partial charge < -0.3 is 14.9 Å². The van der Waals surface area contributed by atoms with Crippen molar-refractivity contribution in [2.45, 2.75) is 95.7 Å². The second-order valence-electron chi connectivity index (χ2n) is 8.55. The number of carbonyl (C=O) groups excluding carboxylic acids is 2. The lowest BCUT2D eigenvalue weighted by molar-refractivity contribution is -0.142. The van der Waals surface area contributed by atoms with Crippen LogP contribution >= 0.6 is 0 Å². The molecule has 31 heavy (non-hydrogen) atoms. The molecule has 4 atom stereocenters. The predicted molar refractivity (Wildman–Crippen MR) is 123 cm³/mol. The number of Topliss-reactive ketones (excluding diaryl/α,β-unsaturated/α-hetero) is 1. The third-order valence-corrected chi connectivity index (χ3v) is 5.83. The first-order valence-electron chi connectivity index (χ1n) is 11.7. The highest BCUT2D eigenvalue weighted by molar-refractivity contribution is 5.85. The number of esters is 1. The first kappa shape index (κ1) is 27.1. The van der Waals surface area contributed by atoms with Gasteiger partial charge in [-0.1, -0.05) is 69.6 Å². The van der Waals surface area contributed by atoms with Gasteiger partial charge in [-0.05, 0) is 25.7 Å². The zero-order valence-corrected chi connectivity index (χ0v) is 19.1. The van der Waals surface area contributed by atoms with Crippen LogP contribution in [0.5, 0.6) is 0 Å². The van der Waals surface area contributed by atoms with Crippen LogP contribution in [0.4, 0.5) is 0 Å². The minimum absolute atomic E-state index is 0.0537. The molecule has 0 spiro atoms. The molecule has 0 amide bonds. The quantitative estimate of drug-likeness (QED) is 0.172. The van der Waals surface area contributed by atoms with E-state index in [-0.39, 0.29) is 30.7 Å². The maximum Gasteiger partial charge on any atom is 0.306 e. The largest absolute Gasteiger partial charge is 0.461 e. The molecule has 0 aromatic rings. The molecule has 174 valence electrons. The molecule has 2 N–H and O–H groups in total. The lowest BCUT2D eigenvalue weighted by atomic mass is 9.87. The summed E-state index contributed by atoms with van der Waals surface area (Å²) in [6.07, 6.45) is 11.0. The van der Waals surface area contributed by atoms with E-state index in [0.29, 0.717) is 25.7 Å². The minimum Gasteiger partial charge on any atom is -0.461 e. The average molecular weight is 433 g/mol. The molecular formula is C26H40O5. The number of aliphatic hydroxyl groups is 2. The van der Waals surface area contributed by atoms with Crippen molar-refractivity contribution < 1.29 is 24.5 Å². The van der Waals surface area contributed by atoms with Gasteiger partial charge in [0.1, 0.15) is 18.0 Å². The Labute approximate surface area is 188 Å². The minimum atomic E-state index is -1.15. The maximum absolute atomic E-state index is 12.4. The van der Waals surface area contributed by atoms with Gasteiger partial charge in [0, 0.05) is 25.2 Å². The van der Waals surface area contributed by atoms with E-state index >= 15 is 0 Å². The maximum atomic E-state index is 12.4. The van der Waals surface area contributed by atoms with Gasteiger partial charge in [-0.25, -0.2) is 0 Å². The number of ketones is 1. The Morgan fingerprint density at radius 2 is 1.94 bits per heavy atom. The van der Waals surface area contributed by atoms with Crippen LogP contribution in [0.25, 0.3) is 0 Å². The van der Waals surface area contributed by atoms with E-state index in [2.05, 4.69) is 31.9 Å². The van der Waals surface area contributed by atoms with Crippen molar-refractivity contribution in [3.8, 4) is 11.8 Å². The van der Waals surface area contributed by atoms with Crippen LogP contribution in [0.15, 0.2) is 25.3 Å². The van der Waals surface area contributed by atoms with Crippen molar-refractivity contribution in [3.05, 3.63) is 25.3 Å². The third kappa shape index (κ3) is 10.3. The van der Waals surface area contributed by atoms with Crippen LogP contribution in [0.1, 0.15) is 84.0 Å². The summed E-state index contributed by atoms with van der Waals surface area (Å²) >= 11 is 0. The van der Waals surface area contributed by atoms with Crippen LogP contribution in [0, 0.1) is 23.7 Å². The van der Waals surface area contributed by atoms with Crippen molar-refractivity contribution in [2.75, 3.05) is 6.61 Å². The van der Waals surface area contributed by atoms with E-state index in [1.54, 1.807) is 12.2 Å². The van der Waals surface area contributed by atoms with E-state index < -0.39 is 17.6 Å². The fraction of sp³-hybridized carbons (Fsp3) is 0.692. The molecule has 5 nitrogen and oxygen atoms in total. The molecule has 0 bridgehead atoms. The van der Waals surface area contributed by atoms with Gasteiger partial charge in [0.25, 0.3) is 0 Å². The Kier molecular flexibility index (Phi) is 13.1. The molecule has 1 aliphatic carbocycles. The van der Waals surface area contributed by atoms with Crippen LogP contribution in [-0.4, -0.2) is 40.3 Å². The van der Waals surface area contributed by atoms with Gasteiger partial charge in [-0.3, -0.25) is 9.59 Å². The summed E-state index contributed by atoms with van der Waals surface area (Å²) in [6, 6.07) is 0. The van der Waals surface area contributed by atoms with Gasteiger partial charge in [-0.15, -0.1) is 6.58 Å². The Morgan fingerprint density at radius 3 is 2.61 bits per heavy atom. The van der Waals surface area contributed by atoms with Crippen molar-refractivity contribution in [3.63, 3.8) is 0 Å². The molecule has 0 aromatic heterocycles. The monoisotopic (exact) mass is 432 g/mol. The number of aliphatic hydroxyl groups excluding tert-OH is 1. The van der Waals surface area contributed by atoms with Gasteiger partial charge in [0.05, 0.1) is 12.0 Å². The Balaban J connectivity index is 2.56. The fourth-order valence-corrected chi connectivity index (χ4v) is 4.04. The van der Waals surface area contributed by atoms with Gasteiger partial charge >= 0.3 is 5.97 Å². The second-order valence-corrected chi connectivity index (χ2v) is 8.55. The molecule has 0 aliphatic heterocycles. The fourth-order valence-electron chi connectivity index (χ4n) is 4.04. The van der Waals surface area contributed by atoms with Crippen LogP contribution < -0.4 is 0 Å². The van der Waals surface area contributed by atoms with Crippen molar-refractivity contribution in [2.24, 2.45) is 11.8 Å². The SMILES string of the molecule is C=CCOC(=O)CCCCCC[C@H]1C(=O)CC(O)[C@@H]1C#CC(O)(CC=C)CCCCC. The molecule has 0 aromatic carbocycles. The summed E-state index contributed by atoms with van der Waals surface area (Å²) in [6.45, 7) is 9.58. The molecule has 2 unspecified atom stereocenters. The molecule has 1 saturated carbocycles.